The highest BCUT2D eigenvalue weighted by molar-refractivity contribution is 8.00. The smallest absolute Gasteiger partial charge is 0.272 e. The number of thioether (sulfide) groups is 1. The standard InChI is InChI=1S/C40H30Cl2N4O4S2/c1-50-35-18-9-8-15-28(35)22-33(44-37(47)26-13-6-3-7-14-26)38(48)43-29-16-10-17-30(23-29)52-36(25-11-4-2-5-12-25)39(49)46-40-45-34(24-51-40)27-19-20-31(41)32(42)21-27/h2-24,36H,1H3,(H,43,48)(H,44,47)(H,45,46,49)/b33-22+. The maximum Gasteiger partial charge on any atom is 0.272 e. The zero-order chi connectivity index (χ0) is 36.5. The van der Waals surface area contributed by atoms with Crippen molar-refractivity contribution < 1.29 is 19.1 Å². The maximum absolute atomic E-state index is 13.8. The van der Waals surface area contributed by atoms with Gasteiger partial charge in [0.05, 0.1) is 22.8 Å². The van der Waals surface area contributed by atoms with Crippen molar-refractivity contribution in [3.05, 3.63) is 165 Å². The average molecular weight is 766 g/mol. The Hall–Kier alpha value is -5.39. The topological polar surface area (TPSA) is 109 Å². The van der Waals surface area contributed by atoms with Crippen LogP contribution < -0.4 is 20.7 Å². The molecule has 0 aliphatic rings. The molecule has 12 heteroatoms. The summed E-state index contributed by atoms with van der Waals surface area (Å²) in [6.07, 6.45) is 1.56. The molecule has 1 aromatic heterocycles. The molecule has 6 aromatic rings. The predicted octanol–water partition coefficient (Wildman–Crippen LogP) is 10.0. The van der Waals surface area contributed by atoms with Crippen molar-refractivity contribution >= 4 is 80.9 Å². The van der Waals surface area contributed by atoms with Crippen LogP contribution in [0, 0.1) is 0 Å². The average Bonchev–Trinajstić information content (AvgIpc) is 3.64. The number of ether oxygens (including phenoxy) is 1. The molecule has 1 heterocycles. The summed E-state index contributed by atoms with van der Waals surface area (Å²) in [5.41, 5.74) is 3.70. The molecule has 0 radical (unpaired) electrons. The molecule has 0 fully saturated rings. The van der Waals surface area contributed by atoms with Crippen LogP contribution in [0.2, 0.25) is 10.0 Å². The molecule has 0 aliphatic carbocycles. The number of thiazole rings is 1. The summed E-state index contributed by atoms with van der Waals surface area (Å²) in [6.45, 7) is 0. The summed E-state index contributed by atoms with van der Waals surface area (Å²) in [5, 5.41) is 11.1. The van der Waals surface area contributed by atoms with Crippen molar-refractivity contribution in [1.29, 1.82) is 0 Å². The maximum atomic E-state index is 13.8. The Morgan fingerprint density at radius 1 is 0.808 bits per heavy atom. The molecule has 0 spiro atoms. The fourth-order valence-electron chi connectivity index (χ4n) is 5.06. The van der Waals surface area contributed by atoms with Gasteiger partial charge in [0.25, 0.3) is 11.8 Å². The quantitative estimate of drug-likeness (QED) is 0.0846. The van der Waals surface area contributed by atoms with Gasteiger partial charge in [-0.2, -0.15) is 0 Å². The van der Waals surface area contributed by atoms with E-state index in [0.29, 0.717) is 43.4 Å². The van der Waals surface area contributed by atoms with Crippen LogP contribution in [-0.2, 0) is 9.59 Å². The number of anilines is 2. The fraction of sp³-hybridized carbons (Fsp3) is 0.0500. The van der Waals surface area contributed by atoms with Crippen molar-refractivity contribution in [3.63, 3.8) is 0 Å². The largest absolute Gasteiger partial charge is 0.496 e. The van der Waals surface area contributed by atoms with Crippen LogP contribution >= 0.6 is 46.3 Å². The zero-order valence-corrected chi connectivity index (χ0v) is 30.7. The summed E-state index contributed by atoms with van der Waals surface area (Å²) < 4.78 is 5.47. The molecule has 3 N–H and O–H groups in total. The van der Waals surface area contributed by atoms with Crippen LogP contribution in [0.15, 0.2) is 143 Å². The lowest BCUT2D eigenvalue weighted by molar-refractivity contribution is -0.116. The van der Waals surface area contributed by atoms with Crippen LogP contribution in [0.25, 0.3) is 17.3 Å². The lowest BCUT2D eigenvalue weighted by Gasteiger charge is -2.17. The van der Waals surface area contributed by atoms with Gasteiger partial charge in [0.1, 0.15) is 16.7 Å². The fourth-order valence-corrected chi connectivity index (χ4v) is 7.16. The Morgan fingerprint density at radius 2 is 1.54 bits per heavy atom. The highest BCUT2D eigenvalue weighted by Crippen LogP contribution is 2.38. The van der Waals surface area contributed by atoms with Crippen LogP contribution in [0.3, 0.4) is 0 Å². The lowest BCUT2D eigenvalue weighted by atomic mass is 10.1. The molecule has 1 atom stereocenters. The number of para-hydroxylation sites is 1. The van der Waals surface area contributed by atoms with E-state index in [2.05, 4.69) is 20.9 Å². The normalized spacial score (nSPS) is 11.7. The minimum absolute atomic E-state index is 0.0154. The first-order chi connectivity index (χ1) is 25.3. The van der Waals surface area contributed by atoms with Crippen LogP contribution in [0.4, 0.5) is 10.8 Å². The Morgan fingerprint density at radius 3 is 2.29 bits per heavy atom. The summed E-state index contributed by atoms with van der Waals surface area (Å²) >= 11 is 14.9. The van der Waals surface area contributed by atoms with Crippen molar-refractivity contribution in [3.8, 4) is 17.0 Å². The minimum Gasteiger partial charge on any atom is -0.496 e. The Balaban J connectivity index is 1.22. The summed E-state index contributed by atoms with van der Waals surface area (Å²) in [4.78, 5) is 46.1. The number of nitrogens with one attached hydrogen (secondary N) is 3. The van der Waals surface area contributed by atoms with E-state index >= 15 is 0 Å². The zero-order valence-electron chi connectivity index (χ0n) is 27.5. The predicted molar refractivity (Wildman–Crippen MR) is 211 cm³/mol. The van der Waals surface area contributed by atoms with Crippen molar-refractivity contribution in [2.45, 2.75) is 10.1 Å². The van der Waals surface area contributed by atoms with Gasteiger partial charge in [-0.3, -0.25) is 14.4 Å². The van der Waals surface area contributed by atoms with Crippen molar-refractivity contribution in [1.82, 2.24) is 10.3 Å². The van der Waals surface area contributed by atoms with Gasteiger partial charge in [-0.15, -0.1) is 23.1 Å². The third-order valence-corrected chi connectivity index (χ3v) is 10.3. The second kappa shape index (κ2) is 17.2. The van der Waals surface area contributed by atoms with Gasteiger partial charge < -0.3 is 20.7 Å². The number of benzene rings is 5. The highest BCUT2D eigenvalue weighted by Gasteiger charge is 2.24. The van der Waals surface area contributed by atoms with Gasteiger partial charge in [-0.1, -0.05) is 102 Å². The molecular weight excluding hydrogens is 736 g/mol. The monoisotopic (exact) mass is 764 g/mol. The molecule has 260 valence electrons. The number of hydrogen-bond acceptors (Lipinski definition) is 7. The van der Waals surface area contributed by atoms with E-state index in [0.717, 1.165) is 16.0 Å². The third kappa shape index (κ3) is 9.28. The molecular formula is C40H30Cl2N4O4S2. The van der Waals surface area contributed by atoms with Gasteiger partial charge in [0.2, 0.25) is 5.91 Å². The highest BCUT2D eigenvalue weighted by atomic mass is 35.5. The van der Waals surface area contributed by atoms with Crippen LogP contribution in [-0.4, -0.2) is 29.8 Å². The van der Waals surface area contributed by atoms with E-state index in [1.54, 1.807) is 78.9 Å². The van der Waals surface area contributed by atoms with Crippen LogP contribution in [0.1, 0.15) is 26.7 Å². The summed E-state index contributed by atoms with van der Waals surface area (Å²) in [5.74, 6) is -0.724. The van der Waals surface area contributed by atoms with E-state index in [-0.39, 0.29) is 11.6 Å². The number of aromatic nitrogens is 1. The SMILES string of the molecule is COc1ccccc1/C=C(/NC(=O)c1ccccc1)C(=O)Nc1cccc(SC(C(=O)Nc2nc(-c3ccc(Cl)c(Cl)c3)cs2)c2ccccc2)c1. The lowest BCUT2D eigenvalue weighted by Crippen LogP contribution is -2.30. The first-order valence-electron chi connectivity index (χ1n) is 15.8. The molecule has 0 aliphatic heterocycles. The molecule has 52 heavy (non-hydrogen) atoms. The summed E-state index contributed by atoms with van der Waals surface area (Å²) in [7, 11) is 1.53. The number of carbonyl (C=O) groups is 3. The molecule has 5 aromatic carbocycles. The van der Waals surface area contributed by atoms with Gasteiger partial charge in [-0.25, -0.2) is 4.98 Å². The Bertz CT molecular complexity index is 2250. The van der Waals surface area contributed by atoms with E-state index < -0.39 is 17.1 Å². The minimum atomic E-state index is -0.657. The van der Waals surface area contributed by atoms with Gasteiger partial charge in [0.15, 0.2) is 5.13 Å². The van der Waals surface area contributed by atoms with E-state index in [1.165, 1.54) is 30.2 Å². The number of rotatable bonds is 12. The van der Waals surface area contributed by atoms with Crippen molar-refractivity contribution in [2.24, 2.45) is 0 Å². The van der Waals surface area contributed by atoms with E-state index in [9.17, 15) is 14.4 Å². The van der Waals surface area contributed by atoms with Crippen molar-refractivity contribution in [2.75, 3.05) is 17.7 Å². The second-order valence-corrected chi connectivity index (χ2v) is 14.0. The molecule has 6 rings (SSSR count). The Kier molecular flexibility index (Phi) is 12.1. The number of nitrogens with zero attached hydrogens (tertiary/aromatic N) is 1. The molecule has 0 saturated heterocycles. The second-order valence-electron chi connectivity index (χ2n) is 11.2. The number of amides is 3. The number of carbonyl (C=O) groups excluding carboxylic acids is 3. The van der Waals surface area contributed by atoms with Gasteiger partial charge in [-0.05, 0) is 60.2 Å². The third-order valence-electron chi connectivity index (χ3n) is 7.60. The number of methoxy groups -OCH3 is 1. The Labute approximate surface area is 318 Å². The van der Waals surface area contributed by atoms with Gasteiger partial charge in [0, 0.05) is 32.7 Å². The first-order valence-corrected chi connectivity index (χ1v) is 18.3. The number of halogens is 2. The summed E-state index contributed by atoms with van der Waals surface area (Å²) in [6, 6.07) is 37.6. The van der Waals surface area contributed by atoms with Crippen LogP contribution in [0.5, 0.6) is 5.75 Å². The molecule has 0 bridgehead atoms. The molecule has 1 unspecified atom stereocenters. The van der Waals surface area contributed by atoms with Gasteiger partial charge >= 0.3 is 0 Å². The van der Waals surface area contributed by atoms with E-state index in [4.69, 9.17) is 27.9 Å². The number of hydrogen-bond donors (Lipinski definition) is 3. The first kappa shape index (κ1) is 36.4. The molecule has 8 nitrogen and oxygen atoms in total. The molecule has 3 amide bonds. The molecule has 0 saturated carbocycles. The van der Waals surface area contributed by atoms with E-state index in [1.807, 2.05) is 60.0 Å².